The number of piperazine rings is 1. The lowest BCUT2D eigenvalue weighted by atomic mass is 10.1. The summed E-state index contributed by atoms with van der Waals surface area (Å²) in [7, 11) is 2.19. The van der Waals surface area contributed by atoms with E-state index < -0.39 is 0 Å². The molecular weight excluding hydrogens is 360 g/mol. The zero-order valence-corrected chi connectivity index (χ0v) is 17.4. The highest BCUT2D eigenvalue weighted by atomic mass is 32.1. The summed E-state index contributed by atoms with van der Waals surface area (Å²) in [6.07, 6.45) is 0. The van der Waals surface area contributed by atoms with Crippen LogP contribution in [0.15, 0.2) is 41.8 Å². The molecule has 1 fully saturated rings. The molecule has 1 aliphatic rings. The highest BCUT2D eigenvalue weighted by Gasteiger charge is 2.29. The normalized spacial score (nSPS) is 18.3. The van der Waals surface area contributed by atoms with E-state index in [9.17, 15) is 0 Å². The van der Waals surface area contributed by atoms with Crippen LogP contribution in [0.3, 0.4) is 0 Å². The predicted octanol–water partition coefficient (Wildman–Crippen LogP) is 3.72. The van der Waals surface area contributed by atoms with Crippen LogP contribution >= 0.6 is 23.6 Å². The number of anilines is 1. The van der Waals surface area contributed by atoms with Gasteiger partial charge in [-0.1, -0.05) is 24.3 Å². The molecule has 0 radical (unpaired) electrons. The second-order valence-corrected chi connectivity index (χ2v) is 8.39. The maximum atomic E-state index is 5.60. The molecule has 1 aliphatic heterocycles. The van der Waals surface area contributed by atoms with Crippen molar-refractivity contribution in [3.8, 4) is 0 Å². The molecule has 0 aliphatic carbocycles. The summed E-state index contributed by atoms with van der Waals surface area (Å²) in [6, 6.07) is 13.2. The van der Waals surface area contributed by atoms with Gasteiger partial charge in [-0.05, 0) is 56.2 Å². The van der Waals surface area contributed by atoms with Gasteiger partial charge in [0.25, 0.3) is 0 Å². The van der Waals surface area contributed by atoms with E-state index >= 15 is 0 Å². The van der Waals surface area contributed by atoms with Crippen LogP contribution in [-0.2, 0) is 0 Å². The summed E-state index contributed by atoms with van der Waals surface area (Å²) in [5.74, 6) is 0. The van der Waals surface area contributed by atoms with Gasteiger partial charge in [0, 0.05) is 42.8 Å². The van der Waals surface area contributed by atoms with Crippen LogP contribution in [0.1, 0.15) is 23.4 Å². The number of nitrogens with one attached hydrogen (secondary N) is 2. The Labute approximate surface area is 166 Å². The van der Waals surface area contributed by atoms with Crippen LogP contribution in [0.5, 0.6) is 0 Å². The average molecular weight is 389 g/mol. The fourth-order valence-electron chi connectivity index (χ4n) is 3.46. The molecule has 4 nitrogen and oxygen atoms in total. The number of benzene rings is 1. The number of hydrogen-bond acceptors (Lipinski definition) is 4. The molecule has 6 heteroatoms. The number of likely N-dealkylation sites (N-methyl/N-ethyl adjacent to an activating group) is 1. The van der Waals surface area contributed by atoms with Crippen molar-refractivity contribution in [3.05, 3.63) is 52.2 Å². The van der Waals surface area contributed by atoms with Gasteiger partial charge in [0.05, 0.1) is 6.04 Å². The molecule has 2 N–H and O–H groups in total. The zero-order valence-electron chi connectivity index (χ0n) is 15.7. The summed E-state index contributed by atoms with van der Waals surface area (Å²) >= 11 is 7.42. The van der Waals surface area contributed by atoms with E-state index in [1.807, 2.05) is 23.5 Å². The first-order valence-corrected chi connectivity index (χ1v) is 10.4. The van der Waals surface area contributed by atoms with Gasteiger partial charge in [0.1, 0.15) is 0 Å². The highest BCUT2D eigenvalue weighted by molar-refractivity contribution is 7.80. The average Bonchev–Trinajstić information content (AvgIpc) is 3.13. The Balaban J connectivity index is 1.68. The Morgan fingerprint density at radius 2 is 1.85 bits per heavy atom. The third kappa shape index (κ3) is 4.82. The molecule has 1 aromatic carbocycles. The van der Waals surface area contributed by atoms with Gasteiger partial charge in [0.15, 0.2) is 5.11 Å². The smallest absolute Gasteiger partial charge is 0.171 e. The van der Waals surface area contributed by atoms with Crippen molar-refractivity contribution >= 4 is 34.4 Å². The molecule has 2 heterocycles. The Bertz CT molecular complexity index is 708. The highest BCUT2D eigenvalue weighted by Crippen LogP contribution is 2.29. The molecule has 1 saturated heterocycles. The van der Waals surface area contributed by atoms with Gasteiger partial charge >= 0.3 is 0 Å². The van der Waals surface area contributed by atoms with E-state index in [4.69, 9.17) is 12.2 Å². The van der Waals surface area contributed by atoms with E-state index in [2.05, 4.69) is 71.0 Å². The monoisotopic (exact) mass is 388 g/mol. The third-order valence-electron chi connectivity index (χ3n) is 4.99. The lowest BCUT2D eigenvalue weighted by Crippen LogP contribution is -2.51. The van der Waals surface area contributed by atoms with Crippen LogP contribution in [0.4, 0.5) is 5.69 Å². The number of thiocarbonyl (C=S) groups is 1. The van der Waals surface area contributed by atoms with E-state index in [0.717, 1.165) is 31.9 Å². The minimum Gasteiger partial charge on any atom is -0.358 e. The second-order valence-electron chi connectivity index (χ2n) is 7.00. The minimum absolute atomic E-state index is 0.223. The Hall–Kier alpha value is -1.47. The summed E-state index contributed by atoms with van der Waals surface area (Å²) in [4.78, 5) is 6.37. The number of rotatable bonds is 5. The number of thiophene rings is 1. The van der Waals surface area contributed by atoms with Gasteiger partial charge in [0.2, 0.25) is 0 Å². The quantitative estimate of drug-likeness (QED) is 0.763. The first-order chi connectivity index (χ1) is 12.5. The van der Waals surface area contributed by atoms with Gasteiger partial charge in [-0.15, -0.1) is 11.3 Å². The molecule has 3 rings (SSSR count). The van der Waals surface area contributed by atoms with Crippen LogP contribution in [0.25, 0.3) is 0 Å². The molecule has 1 aromatic heterocycles. The first-order valence-electron chi connectivity index (χ1n) is 9.14. The lowest BCUT2D eigenvalue weighted by molar-refractivity contribution is 0.0990. The number of hydrogen-bond donors (Lipinski definition) is 2. The molecule has 0 amide bonds. The van der Waals surface area contributed by atoms with Gasteiger partial charge in [-0.3, -0.25) is 4.90 Å². The Kier molecular flexibility index (Phi) is 6.64. The summed E-state index contributed by atoms with van der Waals surface area (Å²) < 4.78 is 0. The summed E-state index contributed by atoms with van der Waals surface area (Å²) in [5.41, 5.74) is 2.25. The molecule has 26 heavy (non-hydrogen) atoms. The van der Waals surface area contributed by atoms with Crippen LogP contribution in [-0.4, -0.2) is 54.2 Å². The van der Waals surface area contributed by atoms with Gasteiger partial charge in [-0.2, -0.15) is 0 Å². The van der Waals surface area contributed by atoms with Crippen molar-refractivity contribution in [2.75, 3.05) is 38.5 Å². The molecule has 0 spiro atoms. The minimum atomic E-state index is 0.223. The number of nitrogens with zero attached hydrogens (tertiary/aromatic N) is 2. The number of aryl methyl sites for hydroxylation is 1. The molecule has 2 aromatic rings. The first kappa shape index (κ1) is 19.3. The summed E-state index contributed by atoms with van der Waals surface area (Å²) in [6.45, 7) is 8.72. The van der Waals surface area contributed by atoms with Crippen molar-refractivity contribution in [1.29, 1.82) is 0 Å². The molecule has 0 unspecified atom stereocenters. The predicted molar refractivity (Wildman–Crippen MR) is 116 cm³/mol. The summed E-state index contributed by atoms with van der Waals surface area (Å²) in [5, 5.41) is 9.72. The van der Waals surface area contributed by atoms with E-state index in [1.54, 1.807) is 0 Å². The fourth-order valence-corrected chi connectivity index (χ4v) is 4.72. The lowest BCUT2D eigenvalue weighted by Gasteiger charge is -2.40. The number of para-hydroxylation sites is 1. The fraction of sp³-hybridized carbons (Fsp3) is 0.450. The Morgan fingerprint density at radius 3 is 2.50 bits per heavy atom. The van der Waals surface area contributed by atoms with Crippen molar-refractivity contribution in [3.63, 3.8) is 0 Å². The molecule has 0 saturated carbocycles. The molecule has 140 valence electrons. The van der Waals surface area contributed by atoms with Gasteiger partial charge in [-0.25, -0.2) is 0 Å². The second kappa shape index (κ2) is 8.95. The van der Waals surface area contributed by atoms with Gasteiger partial charge < -0.3 is 15.5 Å². The van der Waals surface area contributed by atoms with Crippen LogP contribution in [0, 0.1) is 6.92 Å². The SMILES string of the molecule is Cc1ccccc1NC(=S)N[C@H](C)[C@H](c1cccs1)N1CCN(C)CC1. The van der Waals surface area contributed by atoms with E-state index in [-0.39, 0.29) is 6.04 Å². The topological polar surface area (TPSA) is 30.5 Å². The standard InChI is InChI=1S/C20H28N4S2/c1-15-7-4-5-8-17(15)22-20(25)21-16(2)19(18-9-6-14-26-18)24-12-10-23(3)11-13-24/h4-9,14,16,19H,10-13H2,1-3H3,(H2,21,22,25)/t16-,19-/m1/s1. The molecule has 2 atom stereocenters. The largest absolute Gasteiger partial charge is 0.358 e. The van der Waals surface area contributed by atoms with Crippen molar-refractivity contribution < 1.29 is 0 Å². The molecule has 0 bridgehead atoms. The maximum absolute atomic E-state index is 5.60. The van der Waals surface area contributed by atoms with Crippen molar-refractivity contribution in [1.82, 2.24) is 15.1 Å². The van der Waals surface area contributed by atoms with E-state index in [0.29, 0.717) is 11.2 Å². The third-order valence-corrected chi connectivity index (χ3v) is 6.15. The maximum Gasteiger partial charge on any atom is 0.171 e. The molecular formula is C20H28N4S2. The Morgan fingerprint density at radius 1 is 1.12 bits per heavy atom. The van der Waals surface area contributed by atoms with E-state index in [1.165, 1.54) is 10.4 Å². The van der Waals surface area contributed by atoms with Crippen LogP contribution in [0.2, 0.25) is 0 Å². The zero-order chi connectivity index (χ0) is 18.5. The van der Waals surface area contributed by atoms with Crippen LogP contribution < -0.4 is 10.6 Å². The van der Waals surface area contributed by atoms with Crippen molar-refractivity contribution in [2.45, 2.75) is 25.9 Å². The van der Waals surface area contributed by atoms with Crippen molar-refractivity contribution in [2.24, 2.45) is 0 Å².